The lowest BCUT2D eigenvalue weighted by Gasteiger charge is -1.96. The molecular weight excluding hydrogens is 216 g/mol. The summed E-state index contributed by atoms with van der Waals surface area (Å²) in [7, 11) is 1.40. The van der Waals surface area contributed by atoms with E-state index in [9.17, 15) is 9.59 Å². The molecule has 92 valence electrons. The Labute approximate surface area is 102 Å². The molecule has 3 nitrogen and oxygen atoms in total. The van der Waals surface area contributed by atoms with Crippen molar-refractivity contribution in [2.75, 3.05) is 7.11 Å². The molecule has 0 N–H and O–H groups in total. The second kappa shape index (κ2) is 7.67. The summed E-state index contributed by atoms with van der Waals surface area (Å²) in [6.45, 7) is 0. The van der Waals surface area contributed by atoms with E-state index in [1.54, 1.807) is 0 Å². The van der Waals surface area contributed by atoms with E-state index in [0.29, 0.717) is 19.3 Å². The minimum atomic E-state index is -0.167. The van der Waals surface area contributed by atoms with Gasteiger partial charge < -0.3 is 4.74 Å². The maximum Gasteiger partial charge on any atom is 0.305 e. The van der Waals surface area contributed by atoms with Crippen LogP contribution in [-0.4, -0.2) is 18.9 Å². The Morgan fingerprint density at radius 3 is 2.88 bits per heavy atom. The lowest BCUT2D eigenvalue weighted by atomic mass is 10.1. The molecule has 1 aliphatic rings. The molecule has 0 spiro atoms. The van der Waals surface area contributed by atoms with Crippen LogP contribution in [0, 0.1) is 11.8 Å². The number of allylic oxidation sites excluding steroid dienone is 2. The molecule has 0 atom stereocenters. The molecule has 0 aromatic heterocycles. The van der Waals surface area contributed by atoms with E-state index in [-0.39, 0.29) is 11.8 Å². The van der Waals surface area contributed by atoms with Gasteiger partial charge in [-0.15, -0.1) is 5.92 Å². The molecule has 0 aromatic carbocycles. The average Bonchev–Trinajstić information content (AvgIpc) is 2.73. The van der Waals surface area contributed by atoms with Crippen molar-refractivity contribution in [1.82, 2.24) is 0 Å². The van der Waals surface area contributed by atoms with Gasteiger partial charge in [0, 0.05) is 31.3 Å². The largest absolute Gasteiger partial charge is 0.469 e. The molecule has 0 fully saturated rings. The molecule has 0 heterocycles. The van der Waals surface area contributed by atoms with Crippen LogP contribution in [0.15, 0.2) is 11.6 Å². The predicted octanol–water partition coefficient (Wildman–Crippen LogP) is 2.40. The lowest BCUT2D eigenvalue weighted by Crippen LogP contribution is -1.98. The minimum Gasteiger partial charge on any atom is -0.469 e. The van der Waals surface area contributed by atoms with Gasteiger partial charge >= 0.3 is 5.97 Å². The highest BCUT2D eigenvalue weighted by molar-refractivity contribution is 5.97. The van der Waals surface area contributed by atoms with Gasteiger partial charge in [-0.2, -0.15) is 0 Å². The Morgan fingerprint density at radius 2 is 2.24 bits per heavy atom. The summed E-state index contributed by atoms with van der Waals surface area (Å²) in [4.78, 5) is 22.1. The van der Waals surface area contributed by atoms with Crippen molar-refractivity contribution in [3.63, 3.8) is 0 Å². The second-order valence-electron chi connectivity index (χ2n) is 4.00. The van der Waals surface area contributed by atoms with Gasteiger partial charge in [-0.3, -0.25) is 9.59 Å². The number of unbranched alkanes of at least 4 members (excludes halogenated alkanes) is 2. The molecule has 1 aliphatic carbocycles. The van der Waals surface area contributed by atoms with E-state index >= 15 is 0 Å². The topological polar surface area (TPSA) is 43.4 Å². The molecule has 0 unspecified atom stereocenters. The van der Waals surface area contributed by atoms with Gasteiger partial charge in [0.15, 0.2) is 5.78 Å². The SMILES string of the molecule is COC(=O)CCCCC#CCC1=CCCC1=O. The van der Waals surface area contributed by atoms with E-state index in [2.05, 4.69) is 16.6 Å². The fourth-order valence-electron chi connectivity index (χ4n) is 1.65. The van der Waals surface area contributed by atoms with Crippen molar-refractivity contribution in [2.45, 2.75) is 44.9 Å². The summed E-state index contributed by atoms with van der Waals surface area (Å²) in [5.74, 6) is 6.11. The number of carbonyl (C=O) groups is 2. The van der Waals surface area contributed by atoms with Crippen LogP contribution in [0.2, 0.25) is 0 Å². The molecule has 0 bridgehead atoms. The third kappa shape index (κ3) is 5.35. The Kier molecular flexibility index (Phi) is 6.09. The molecule has 0 aliphatic heterocycles. The van der Waals surface area contributed by atoms with E-state index in [0.717, 1.165) is 31.3 Å². The number of hydrogen-bond acceptors (Lipinski definition) is 3. The van der Waals surface area contributed by atoms with Crippen LogP contribution in [0.5, 0.6) is 0 Å². The van der Waals surface area contributed by atoms with E-state index in [4.69, 9.17) is 0 Å². The first-order chi connectivity index (χ1) is 8.24. The van der Waals surface area contributed by atoms with Gasteiger partial charge in [0.25, 0.3) is 0 Å². The van der Waals surface area contributed by atoms with Gasteiger partial charge in [-0.1, -0.05) is 12.0 Å². The molecule has 0 saturated carbocycles. The van der Waals surface area contributed by atoms with Crippen molar-refractivity contribution < 1.29 is 14.3 Å². The molecule has 3 heteroatoms. The summed E-state index contributed by atoms with van der Waals surface area (Å²) in [5.41, 5.74) is 0.868. The average molecular weight is 234 g/mol. The van der Waals surface area contributed by atoms with E-state index < -0.39 is 0 Å². The number of rotatable bonds is 5. The summed E-state index contributed by atoms with van der Waals surface area (Å²) < 4.78 is 4.54. The summed E-state index contributed by atoms with van der Waals surface area (Å²) in [6, 6.07) is 0. The first kappa shape index (κ1) is 13.5. The number of ether oxygens (including phenoxy) is 1. The highest BCUT2D eigenvalue weighted by Gasteiger charge is 2.12. The second-order valence-corrected chi connectivity index (χ2v) is 4.00. The monoisotopic (exact) mass is 234 g/mol. The van der Waals surface area contributed by atoms with Gasteiger partial charge in [-0.05, 0) is 19.3 Å². The Bertz CT molecular complexity index is 369. The van der Waals surface area contributed by atoms with Crippen molar-refractivity contribution >= 4 is 11.8 Å². The van der Waals surface area contributed by atoms with Crippen LogP contribution in [0.1, 0.15) is 44.9 Å². The van der Waals surface area contributed by atoms with Crippen LogP contribution in [0.3, 0.4) is 0 Å². The smallest absolute Gasteiger partial charge is 0.305 e. The Balaban J connectivity index is 2.07. The Hall–Kier alpha value is -1.56. The number of Topliss-reactive ketones (excluding diaryl/α,β-unsaturated/α-hetero) is 1. The number of hydrogen-bond donors (Lipinski definition) is 0. The standard InChI is InChI=1S/C14H18O3/c1-17-14(16)11-6-4-2-3-5-8-12-9-7-10-13(12)15/h9H,2,4,6-8,10-11H2,1H3. The number of carbonyl (C=O) groups excluding carboxylic acids is 2. The van der Waals surface area contributed by atoms with E-state index in [1.165, 1.54) is 7.11 Å². The Morgan fingerprint density at radius 1 is 1.41 bits per heavy atom. The minimum absolute atomic E-state index is 0.167. The quantitative estimate of drug-likeness (QED) is 0.417. The number of methoxy groups -OCH3 is 1. The van der Waals surface area contributed by atoms with Gasteiger partial charge in [0.05, 0.1) is 7.11 Å². The molecule has 0 saturated heterocycles. The third-order valence-electron chi connectivity index (χ3n) is 2.68. The van der Waals surface area contributed by atoms with Crippen LogP contribution in [-0.2, 0) is 14.3 Å². The number of esters is 1. The van der Waals surface area contributed by atoms with Gasteiger partial charge in [0.2, 0.25) is 0 Å². The van der Waals surface area contributed by atoms with Crippen molar-refractivity contribution in [2.24, 2.45) is 0 Å². The highest BCUT2D eigenvalue weighted by atomic mass is 16.5. The summed E-state index contributed by atoms with van der Waals surface area (Å²) in [5, 5.41) is 0. The van der Waals surface area contributed by atoms with Crippen LogP contribution in [0.4, 0.5) is 0 Å². The van der Waals surface area contributed by atoms with Crippen LogP contribution in [0.25, 0.3) is 0 Å². The molecule has 1 rings (SSSR count). The molecule has 0 radical (unpaired) electrons. The normalized spacial score (nSPS) is 13.9. The van der Waals surface area contributed by atoms with E-state index in [1.807, 2.05) is 6.08 Å². The van der Waals surface area contributed by atoms with Gasteiger partial charge in [-0.25, -0.2) is 0 Å². The van der Waals surface area contributed by atoms with Crippen LogP contribution < -0.4 is 0 Å². The predicted molar refractivity (Wildman–Crippen MR) is 65.2 cm³/mol. The molecule has 17 heavy (non-hydrogen) atoms. The zero-order valence-electron chi connectivity index (χ0n) is 10.3. The zero-order chi connectivity index (χ0) is 12.5. The third-order valence-corrected chi connectivity index (χ3v) is 2.68. The van der Waals surface area contributed by atoms with Gasteiger partial charge in [0.1, 0.15) is 0 Å². The summed E-state index contributed by atoms with van der Waals surface area (Å²) >= 11 is 0. The van der Waals surface area contributed by atoms with Crippen molar-refractivity contribution in [3.8, 4) is 11.8 Å². The van der Waals surface area contributed by atoms with Crippen LogP contribution >= 0.6 is 0 Å². The maximum absolute atomic E-state index is 11.3. The fourth-order valence-corrected chi connectivity index (χ4v) is 1.65. The first-order valence-electron chi connectivity index (χ1n) is 5.99. The molecule has 0 aromatic rings. The maximum atomic E-state index is 11.3. The highest BCUT2D eigenvalue weighted by Crippen LogP contribution is 2.16. The molecular formula is C14H18O3. The van der Waals surface area contributed by atoms with Crippen molar-refractivity contribution in [1.29, 1.82) is 0 Å². The first-order valence-corrected chi connectivity index (χ1v) is 5.99. The van der Waals surface area contributed by atoms with Crippen molar-refractivity contribution in [3.05, 3.63) is 11.6 Å². The zero-order valence-corrected chi connectivity index (χ0v) is 10.3. The fraction of sp³-hybridized carbons (Fsp3) is 0.571. The lowest BCUT2D eigenvalue weighted by molar-refractivity contribution is -0.140. The molecule has 0 amide bonds. The summed E-state index contributed by atoms with van der Waals surface area (Å²) in [6.07, 6.45) is 7.02. The number of ketones is 1.